The highest BCUT2D eigenvalue weighted by Crippen LogP contribution is 2.66. The first-order valence-electron chi connectivity index (χ1n) is 9.98. The molecule has 0 N–H and O–H groups in total. The van der Waals surface area contributed by atoms with Gasteiger partial charge in [-0.3, -0.25) is 9.59 Å². The van der Waals surface area contributed by atoms with E-state index in [1.165, 1.54) is 0 Å². The van der Waals surface area contributed by atoms with Crippen molar-refractivity contribution in [3.8, 4) is 0 Å². The second kappa shape index (κ2) is 4.75. The van der Waals surface area contributed by atoms with Gasteiger partial charge in [0.2, 0.25) is 0 Å². The smallest absolute Gasteiger partial charge is 0.165 e. The lowest BCUT2D eigenvalue weighted by Gasteiger charge is -2.31. The number of rotatable bonds is 2. The molecule has 136 valence electrons. The van der Waals surface area contributed by atoms with Crippen LogP contribution in [-0.2, 0) is 9.59 Å². The molecule has 2 heteroatoms. The lowest BCUT2D eigenvalue weighted by molar-refractivity contribution is -0.126. The first kappa shape index (κ1) is 17.2. The largest absolute Gasteiger partial charge is 0.294 e. The maximum absolute atomic E-state index is 12.9. The monoisotopic (exact) mass is 340 g/mol. The van der Waals surface area contributed by atoms with Crippen molar-refractivity contribution < 1.29 is 9.59 Å². The molecule has 4 bridgehead atoms. The minimum Gasteiger partial charge on any atom is -0.294 e. The van der Waals surface area contributed by atoms with Crippen LogP contribution < -0.4 is 0 Å². The number of allylic oxidation sites excluding steroid dienone is 4. The molecule has 4 atom stereocenters. The summed E-state index contributed by atoms with van der Waals surface area (Å²) in [5.41, 5.74) is 1.85. The summed E-state index contributed by atoms with van der Waals surface area (Å²) >= 11 is 0. The Kier molecular flexibility index (Phi) is 3.28. The Morgan fingerprint density at radius 3 is 1.40 bits per heavy atom. The molecule has 4 aliphatic carbocycles. The zero-order chi connectivity index (χ0) is 18.4. The van der Waals surface area contributed by atoms with Crippen LogP contribution in [0, 0.1) is 33.5 Å². The van der Waals surface area contributed by atoms with E-state index in [4.69, 9.17) is 0 Å². The standard InChI is InChI=1S/C23H32O2/c1-20(2)16-10-12-22(20,5)18(24)14(16)8-7-9-15-17-11-13-23(6,19(15)25)21(17,3)4/h8-9,16-17H,7,10-13H2,1-6H3/b14-8-,15-9-/t16-,17+,22-,23-/m1/s1. The van der Waals surface area contributed by atoms with E-state index >= 15 is 0 Å². The Bertz CT molecular complexity index is 673. The molecule has 0 amide bonds. The van der Waals surface area contributed by atoms with Gasteiger partial charge in [-0.25, -0.2) is 0 Å². The molecule has 0 saturated heterocycles. The van der Waals surface area contributed by atoms with Crippen molar-refractivity contribution in [3.05, 3.63) is 23.3 Å². The molecule has 0 unspecified atom stereocenters. The molecule has 0 aliphatic heterocycles. The Morgan fingerprint density at radius 2 is 1.12 bits per heavy atom. The third-order valence-corrected chi connectivity index (χ3v) is 9.41. The van der Waals surface area contributed by atoms with Gasteiger partial charge in [0.15, 0.2) is 11.6 Å². The zero-order valence-corrected chi connectivity index (χ0v) is 16.7. The molecule has 4 saturated carbocycles. The van der Waals surface area contributed by atoms with Crippen molar-refractivity contribution in [2.24, 2.45) is 33.5 Å². The third-order valence-electron chi connectivity index (χ3n) is 9.41. The van der Waals surface area contributed by atoms with Crippen molar-refractivity contribution in [2.75, 3.05) is 0 Å². The first-order valence-corrected chi connectivity index (χ1v) is 9.98. The second-order valence-electron chi connectivity index (χ2n) is 10.5. The van der Waals surface area contributed by atoms with Gasteiger partial charge in [0.25, 0.3) is 0 Å². The van der Waals surface area contributed by atoms with Gasteiger partial charge < -0.3 is 0 Å². The highest BCUT2D eigenvalue weighted by Gasteiger charge is 2.64. The summed E-state index contributed by atoms with van der Waals surface area (Å²) in [6.07, 6.45) is 9.31. The number of hydrogen-bond acceptors (Lipinski definition) is 2. The number of carbonyl (C=O) groups is 2. The minimum atomic E-state index is -0.186. The highest BCUT2D eigenvalue weighted by atomic mass is 16.1. The van der Waals surface area contributed by atoms with E-state index in [1.54, 1.807) is 0 Å². The van der Waals surface area contributed by atoms with Crippen molar-refractivity contribution in [1.29, 1.82) is 0 Å². The van der Waals surface area contributed by atoms with E-state index in [0.29, 0.717) is 23.4 Å². The fourth-order valence-corrected chi connectivity index (χ4v) is 6.64. The van der Waals surface area contributed by atoms with Crippen LogP contribution in [0.15, 0.2) is 23.3 Å². The molecule has 4 rings (SSSR count). The molecular formula is C23H32O2. The molecule has 0 heterocycles. The first-order chi connectivity index (χ1) is 11.5. The van der Waals surface area contributed by atoms with Crippen molar-refractivity contribution >= 4 is 11.6 Å². The summed E-state index contributed by atoms with van der Waals surface area (Å²) in [6.45, 7) is 13.3. The third kappa shape index (κ3) is 1.77. The van der Waals surface area contributed by atoms with E-state index in [0.717, 1.165) is 43.3 Å². The minimum absolute atomic E-state index is 0.0702. The average Bonchev–Trinajstić information content (AvgIpc) is 3.01. The maximum Gasteiger partial charge on any atom is 0.165 e. The molecule has 2 nitrogen and oxygen atoms in total. The van der Waals surface area contributed by atoms with Gasteiger partial charge in [0, 0.05) is 10.8 Å². The number of hydrogen-bond donors (Lipinski definition) is 0. The number of fused-ring (bicyclic) bond motifs is 4. The fraction of sp³-hybridized carbons (Fsp3) is 0.739. The van der Waals surface area contributed by atoms with Gasteiger partial charge >= 0.3 is 0 Å². The topological polar surface area (TPSA) is 34.1 Å². The highest BCUT2D eigenvalue weighted by molar-refractivity contribution is 6.05. The number of Topliss-reactive ketones (excluding diaryl/α,β-unsaturated/α-hetero) is 2. The lowest BCUT2D eigenvalue weighted by atomic mass is 9.70. The SMILES string of the molecule is CC1(C)[C@@H]2CC[C@]1(C)C(=O)/C2=C\C/C=C1\C(=O)[C@@]2(C)CC[C@@H]1C2(C)C. The molecule has 0 aromatic rings. The van der Waals surface area contributed by atoms with Crippen LogP contribution in [0.25, 0.3) is 0 Å². The summed E-state index contributed by atoms with van der Waals surface area (Å²) in [5, 5.41) is 0. The van der Waals surface area contributed by atoms with Crippen LogP contribution in [0.1, 0.15) is 73.6 Å². The Hall–Kier alpha value is -1.18. The van der Waals surface area contributed by atoms with Crippen LogP contribution in [0.3, 0.4) is 0 Å². The summed E-state index contributed by atoms with van der Waals surface area (Å²) in [4.78, 5) is 25.8. The van der Waals surface area contributed by atoms with E-state index in [9.17, 15) is 9.59 Å². The van der Waals surface area contributed by atoms with Crippen molar-refractivity contribution in [1.82, 2.24) is 0 Å². The van der Waals surface area contributed by atoms with Gasteiger partial charge in [-0.2, -0.15) is 0 Å². The van der Waals surface area contributed by atoms with Gasteiger partial charge in [-0.1, -0.05) is 53.7 Å². The quantitative estimate of drug-likeness (QED) is 0.641. The molecule has 0 aromatic carbocycles. The summed E-state index contributed by atoms with van der Waals surface area (Å²) in [5.74, 6) is 1.51. The van der Waals surface area contributed by atoms with Crippen molar-refractivity contribution in [3.63, 3.8) is 0 Å². The Balaban J connectivity index is 1.60. The van der Waals surface area contributed by atoms with Crippen LogP contribution >= 0.6 is 0 Å². The van der Waals surface area contributed by atoms with Gasteiger partial charge in [-0.15, -0.1) is 0 Å². The Labute approximate surface area is 152 Å². The molecule has 4 fully saturated rings. The summed E-state index contributed by atoms with van der Waals surface area (Å²) in [7, 11) is 0. The average molecular weight is 341 g/mol. The van der Waals surface area contributed by atoms with Crippen LogP contribution in [-0.4, -0.2) is 11.6 Å². The molecular weight excluding hydrogens is 308 g/mol. The van der Waals surface area contributed by atoms with Gasteiger partial charge in [-0.05, 0) is 65.9 Å². The number of carbonyl (C=O) groups excluding carboxylic acids is 2. The molecule has 25 heavy (non-hydrogen) atoms. The number of ketones is 2. The van der Waals surface area contributed by atoms with Crippen LogP contribution in [0.2, 0.25) is 0 Å². The van der Waals surface area contributed by atoms with Crippen molar-refractivity contribution in [2.45, 2.75) is 73.6 Å². The second-order valence-corrected chi connectivity index (χ2v) is 10.5. The molecule has 0 radical (unpaired) electrons. The maximum atomic E-state index is 12.9. The molecule has 0 aromatic heterocycles. The summed E-state index contributed by atoms with van der Waals surface area (Å²) < 4.78 is 0. The van der Waals surface area contributed by atoms with Gasteiger partial charge in [0.05, 0.1) is 0 Å². The summed E-state index contributed by atoms with van der Waals surface area (Å²) in [6, 6.07) is 0. The van der Waals surface area contributed by atoms with Crippen LogP contribution in [0.4, 0.5) is 0 Å². The predicted octanol–water partition coefficient (Wildman–Crippen LogP) is 5.28. The van der Waals surface area contributed by atoms with Gasteiger partial charge in [0.1, 0.15) is 0 Å². The molecule has 0 spiro atoms. The van der Waals surface area contributed by atoms with E-state index < -0.39 is 0 Å². The van der Waals surface area contributed by atoms with E-state index in [-0.39, 0.29) is 21.7 Å². The lowest BCUT2D eigenvalue weighted by Crippen LogP contribution is -2.32. The Morgan fingerprint density at radius 1 is 0.760 bits per heavy atom. The van der Waals surface area contributed by atoms with E-state index in [1.807, 2.05) is 0 Å². The zero-order valence-electron chi connectivity index (χ0n) is 16.7. The predicted molar refractivity (Wildman–Crippen MR) is 100 cm³/mol. The normalized spacial score (nSPS) is 46.8. The van der Waals surface area contributed by atoms with E-state index in [2.05, 4.69) is 53.7 Å². The fourth-order valence-electron chi connectivity index (χ4n) is 6.64. The molecule has 4 aliphatic rings. The van der Waals surface area contributed by atoms with Crippen LogP contribution in [0.5, 0.6) is 0 Å².